The van der Waals surface area contributed by atoms with E-state index >= 15 is 0 Å². The third-order valence-corrected chi connectivity index (χ3v) is 3.75. The summed E-state index contributed by atoms with van der Waals surface area (Å²) < 4.78 is 0. The molecule has 108 valence electrons. The van der Waals surface area contributed by atoms with Crippen molar-refractivity contribution in [2.75, 3.05) is 5.75 Å². The summed E-state index contributed by atoms with van der Waals surface area (Å²) in [6.07, 6.45) is 3.59. The molecular formula is C15H14ClN3OS. The number of carbonyl (C=O) groups is 1. The van der Waals surface area contributed by atoms with Crippen LogP contribution in [0.15, 0.2) is 58.7 Å². The van der Waals surface area contributed by atoms with Gasteiger partial charge in [0.15, 0.2) is 0 Å². The molecule has 0 saturated carbocycles. The van der Waals surface area contributed by atoms with Gasteiger partial charge in [-0.15, -0.1) is 11.8 Å². The van der Waals surface area contributed by atoms with Gasteiger partial charge in [-0.3, -0.25) is 9.78 Å². The SMILES string of the molecule is O=C(CCSc1ccc(Cl)cc1)N/N=C\c1ccccn1. The monoisotopic (exact) mass is 319 g/mol. The summed E-state index contributed by atoms with van der Waals surface area (Å²) >= 11 is 7.41. The Labute approximate surface area is 132 Å². The zero-order chi connectivity index (χ0) is 14.9. The standard InChI is InChI=1S/C15H14ClN3OS/c16-12-4-6-14(7-5-12)21-10-8-15(20)19-18-11-13-3-1-2-9-17-13/h1-7,9,11H,8,10H2,(H,19,20)/b18-11-. The van der Waals surface area contributed by atoms with Crippen molar-refractivity contribution >= 4 is 35.5 Å². The number of nitrogens with zero attached hydrogens (tertiary/aromatic N) is 2. The van der Waals surface area contributed by atoms with Gasteiger partial charge >= 0.3 is 0 Å². The minimum atomic E-state index is -0.122. The number of hydrogen-bond acceptors (Lipinski definition) is 4. The van der Waals surface area contributed by atoms with Crippen LogP contribution in [0.3, 0.4) is 0 Å². The van der Waals surface area contributed by atoms with Crippen molar-refractivity contribution in [3.8, 4) is 0 Å². The van der Waals surface area contributed by atoms with E-state index in [4.69, 9.17) is 11.6 Å². The van der Waals surface area contributed by atoms with Gasteiger partial charge in [-0.2, -0.15) is 5.10 Å². The normalized spacial score (nSPS) is 10.7. The van der Waals surface area contributed by atoms with Gasteiger partial charge < -0.3 is 0 Å². The molecule has 0 aliphatic rings. The van der Waals surface area contributed by atoms with Crippen LogP contribution in [0.2, 0.25) is 5.02 Å². The highest BCUT2D eigenvalue weighted by molar-refractivity contribution is 7.99. The topological polar surface area (TPSA) is 54.4 Å². The first-order valence-corrected chi connectivity index (χ1v) is 7.72. The predicted octanol–water partition coefficient (Wildman–Crippen LogP) is 3.37. The second-order valence-electron chi connectivity index (χ2n) is 4.10. The van der Waals surface area contributed by atoms with Gasteiger partial charge in [0.05, 0.1) is 11.9 Å². The second-order valence-corrected chi connectivity index (χ2v) is 5.70. The predicted molar refractivity (Wildman–Crippen MR) is 86.8 cm³/mol. The first-order valence-electron chi connectivity index (χ1n) is 6.35. The molecule has 1 aromatic heterocycles. The van der Waals surface area contributed by atoms with Crippen molar-refractivity contribution in [3.63, 3.8) is 0 Å². The first kappa shape index (κ1) is 15.5. The summed E-state index contributed by atoms with van der Waals surface area (Å²) in [5.41, 5.74) is 3.18. The van der Waals surface area contributed by atoms with Gasteiger partial charge in [-0.25, -0.2) is 5.43 Å². The van der Waals surface area contributed by atoms with E-state index in [9.17, 15) is 4.79 Å². The number of hydrazone groups is 1. The van der Waals surface area contributed by atoms with Crippen molar-refractivity contribution in [2.24, 2.45) is 5.10 Å². The van der Waals surface area contributed by atoms with Crippen molar-refractivity contribution < 1.29 is 4.79 Å². The molecule has 1 heterocycles. The van der Waals surface area contributed by atoms with E-state index in [2.05, 4.69) is 15.5 Å². The average molecular weight is 320 g/mol. The molecular weight excluding hydrogens is 306 g/mol. The molecule has 0 spiro atoms. The number of carbonyl (C=O) groups excluding carboxylic acids is 1. The molecule has 0 saturated heterocycles. The minimum Gasteiger partial charge on any atom is -0.273 e. The third-order valence-electron chi connectivity index (χ3n) is 2.49. The van der Waals surface area contributed by atoms with Crippen molar-refractivity contribution in [2.45, 2.75) is 11.3 Å². The van der Waals surface area contributed by atoms with E-state index in [1.54, 1.807) is 18.0 Å². The van der Waals surface area contributed by atoms with Crippen LogP contribution < -0.4 is 5.43 Å². The fourth-order valence-corrected chi connectivity index (χ4v) is 2.45. The van der Waals surface area contributed by atoms with Crippen molar-refractivity contribution in [1.82, 2.24) is 10.4 Å². The lowest BCUT2D eigenvalue weighted by atomic mass is 10.4. The van der Waals surface area contributed by atoms with Crippen molar-refractivity contribution in [3.05, 3.63) is 59.4 Å². The molecule has 0 aliphatic carbocycles. The van der Waals surface area contributed by atoms with Crippen LogP contribution in [0.1, 0.15) is 12.1 Å². The van der Waals surface area contributed by atoms with Crippen LogP contribution in [0.25, 0.3) is 0 Å². The average Bonchev–Trinajstić information content (AvgIpc) is 2.50. The van der Waals surface area contributed by atoms with Crippen molar-refractivity contribution in [1.29, 1.82) is 0 Å². The summed E-state index contributed by atoms with van der Waals surface area (Å²) in [6.45, 7) is 0. The van der Waals surface area contributed by atoms with E-state index in [0.29, 0.717) is 22.9 Å². The first-order chi connectivity index (χ1) is 10.2. The maximum Gasteiger partial charge on any atom is 0.240 e. The highest BCUT2D eigenvalue weighted by atomic mass is 35.5. The smallest absolute Gasteiger partial charge is 0.240 e. The molecule has 2 rings (SSSR count). The van der Waals surface area contributed by atoms with E-state index in [0.717, 1.165) is 4.90 Å². The molecule has 1 N–H and O–H groups in total. The maximum absolute atomic E-state index is 11.6. The maximum atomic E-state index is 11.6. The molecule has 2 aromatic rings. The van der Waals surface area contributed by atoms with Gasteiger partial charge in [-0.05, 0) is 36.4 Å². The lowest BCUT2D eigenvalue weighted by molar-refractivity contribution is -0.120. The Balaban J connectivity index is 1.68. The van der Waals surface area contributed by atoms with Gasteiger partial charge in [0.2, 0.25) is 5.91 Å². The Kier molecular flexibility index (Phi) is 6.24. The molecule has 0 radical (unpaired) electrons. The Hall–Kier alpha value is -1.85. The lowest BCUT2D eigenvalue weighted by Gasteiger charge is -2.01. The Morgan fingerprint density at radius 2 is 2.10 bits per heavy atom. The fourth-order valence-electron chi connectivity index (χ4n) is 1.47. The minimum absolute atomic E-state index is 0.122. The molecule has 0 atom stereocenters. The molecule has 1 amide bonds. The van der Waals surface area contributed by atoms with E-state index in [1.165, 1.54) is 6.21 Å². The Morgan fingerprint density at radius 3 is 2.81 bits per heavy atom. The number of aromatic nitrogens is 1. The molecule has 0 unspecified atom stereocenters. The number of amides is 1. The van der Waals surface area contributed by atoms with Crippen LogP contribution in [0.5, 0.6) is 0 Å². The number of thioether (sulfide) groups is 1. The van der Waals surface area contributed by atoms with Gasteiger partial charge in [0.25, 0.3) is 0 Å². The number of nitrogens with one attached hydrogen (secondary N) is 1. The van der Waals surface area contributed by atoms with Gasteiger partial charge in [0.1, 0.15) is 0 Å². The zero-order valence-electron chi connectivity index (χ0n) is 11.2. The lowest BCUT2D eigenvalue weighted by Crippen LogP contribution is -2.17. The van der Waals surface area contributed by atoms with Crippen LogP contribution >= 0.6 is 23.4 Å². The molecule has 21 heavy (non-hydrogen) atoms. The summed E-state index contributed by atoms with van der Waals surface area (Å²) in [4.78, 5) is 16.8. The summed E-state index contributed by atoms with van der Waals surface area (Å²) in [7, 11) is 0. The highest BCUT2D eigenvalue weighted by Crippen LogP contribution is 2.20. The zero-order valence-corrected chi connectivity index (χ0v) is 12.8. The van der Waals surface area contributed by atoms with Crippen LogP contribution in [-0.4, -0.2) is 22.9 Å². The molecule has 0 bridgehead atoms. The van der Waals surface area contributed by atoms with E-state index < -0.39 is 0 Å². The number of pyridine rings is 1. The molecule has 6 heteroatoms. The molecule has 0 fully saturated rings. The van der Waals surface area contributed by atoms with Crippen LogP contribution in [0.4, 0.5) is 0 Å². The van der Waals surface area contributed by atoms with E-state index in [-0.39, 0.29) is 5.91 Å². The quantitative estimate of drug-likeness (QED) is 0.504. The second kappa shape index (κ2) is 8.44. The number of benzene rings is 1. The highest BCUT2D eigenvalue weighted by Gasteiger charge is 2.00. The summed E-state index contributed by atoms with van der Waals surface area (Å²) in [6, 6.07) is 13.0. The molecule has 1 aromatic carbocycles. The third kappa shape index (κ3) is 5.97. The molecule has 4 nitrogen and oxygen atoms in total. The Morgan fingerprint density at radius 1 is 1.29 bits per heavy atom. The number of rotatable bonds is 6. The van der Waals surface area contributed by atoms with E-state index in [1.807, 2.05) is 42.5 Å². The number of hydrogen-bond donors (Lipinski definition) is 1. The summed E-state index contributed by atoms with van der Waals surface area (Å²) in [5.74, 6) is 0.565. The Bertz CT molecular complexity index is 602. The van der Waals surface area contributed by atoms with Crippen LogP contribution in [-0.2, 0) is 4.79 Å². The van der Waals surface area contributed by atoms with Crippen LogP contribution in [0, 0.1) is 0 Å². The summed E-state index contributed by atoms with van der Waals surface area (Å²) in [5, 5.41) is 4.57. The molecule has 0 aliphatic heterocycles. The fraction of sp³-hybridized carbons (Fsp3) is 0.133. The largest absolute Gasteiger partial charge is 0.273 e. The van der Waals surface area contributed by atoms with Gasteiger partial charge in [0, 0.05) is 28.3 Å². The number of halogens is 1. The van der Waals surface area contributed by atoms with Gasteiger partial charge in [-0.1, -0.05) is 17.7 Å².